The molecule has 1 unspecified atom stereocenters. The van der Waals surface area contributed by atoms with Gasteiger partial charge in [0.1, 0.15) is 11.7 Å². The van der Waals surface area contributed by atoms with Crippen LogP contribution in [0.2, 0.25) is 0 Å². The fraction of sp³-hybridized carbons (Fsp3) is 0.222. The van der Waals surface area contributed by atoms with Gasteiger partial charge < -0.3 is 4.74 Å². The molecule has 1 atom stereocenters. The number of pyridine rings is 1. The third kappa shape index (κ3) is 1.91. The predicted octanol–water partition coefficient (Wildman–Crippen LogP) is 2.99. The van der Waals surface area contributed by atoms with Gasteiger partial charge in [-0.3, -0.25) is 4.79 Å². The molecular weight excluding hydrogens is 290 g/mol. The summed E-state index contributed by atoms with van der Waals surface area (Å²) < 4.78 is 5.83. The summed E-state index contributed by atoms with van der Waals surface area (Å²) in [6.45, 7) is 0. The molecule has 2 aromatic rings. The van der Waals surface area contributed by atoms with Gasteiger partial charge in [-0.15, -0.1) is 0 Å². The monoisotopic (exact) mass is 301 g/mol. The first-order valence-corrected chi connectivity index (χ1v) is 7.36. The number of ether oxygens (including phenoxy) is 1. The summed E-state index contributed by atoms with van der Waals surface area (Å²) in [7, 11) is 0. The second-order valence-corrected chi connectivity index (χ2v) is 5.65. The third-order valence-electron chi connectivity index (χ3n) is 4.37. The van der Waals surface area contributed by atoms with Crippen molar-refractivity contribution in [1.82, 2.24) is 4.98 Å². The molecule has 1 aliphatic carbocycles. The first-order valence-electron chi connectivity index (χ1n) is 7.36. The minimum atomic E-state index is -0.937. The maximum atomic E-state index is 12.3. The predicted molar refractivity (Wildman–Crippen MR) is 81.1 cm³/mol. The van der Waals surface area contributed by atoms with Gasteiger partial charge in [0.15, 0.2) is 5.78 Å². The number of fused-ring (bicyclic) bond motifs is 2. The summed E-state index contributed by atoms with van der Waals surface area (Å²) in [6.07, 6.45) is 0.862. The van der Waals surface area contributed by atoms with Crippen LogP contribution in [0.5, 0.6) is 5.88 Å². The topological polar surface area (TPSA) is 86.8 Å². The van der Waals surface area contributed by atoms with Gasteiger partial charge in [0.25, 0.3) is 0 Å². The Balaban J connectivity index is 1.99. The molecular formula is C18H11N3O2. The number of hydrogen-bond donors (Lipinski definition) is 0. The number of nitriles is 2. The van der Waals surface area contributed by atoms with E-state index < -0.39 is 11.8 Å². The number of allylic oxidation sites excluding steroid dienone is 2. The van der Waals surface area contributed by atoms with Crippen molar-refractivity contribution < 1.29 is 9.53 Å². The van der Waals surface area contributed by atoms with Crippen LogP contribution in [0.25, 0.3) is 10.9 Å². The summed E-state index contributed by atoms with van der Waals surface area (Å²) in [4.78, 5) is 16.8. The number of Topliss-reactive ketones (excluding diaryl/α,β-unsaturated/α-hetero) is 1. The van der Waals surface area contributed by atoms with E-state index in [9.17, 15) is 15.3 Å². The van der Waals surface area contributed by atoms with Crippen molar-refractivity contribution in [2.45, 2.75) is 18.8 Å². The molecule has 2 heterocycles. The number of rotatable bonds is 1. The van der Waals surface area contributed by atoms with Crippen LogP contribution in [0.15, 0.2) is 41.7 Å². The van der Waals surface area contributed by atoms with Gasteiger partial charge in [-0.05, 0) is 12.1 Å². The van der Waals surface area contributed by atoms with Gasteiger partial charge in [0.2, 0.25) is 5.88 Å². The van der Waals surface area contributed by atoms with E-state index >= 15 is 0 Å². The summed E-state index contributed by atoms with van der Waals surface area (Å²) >= 11 is 0. The van der Waals surface area contributed by atoms with Crippen molar-refractivity contribution in [2.75, 3.05) is 0 Å². The molecule has 0 saturated heterocycles. The molecule has 5 heteroatoms. The van der Waals surface area contributed by atoms with Crippen LogP contribution >= 0.6 is 0 Å². The van der Waals surface area contributed by atoms with Gasteiger partial charge in [0, 0.05) is 29.4 Å². The molecule has 1 aromatic carbocycles. The number of aromatic nitrogens is 1. The maximum Gasteiger partial charge on any atom is 0.223 e. The fourth-order valence-electron chi connectivity index (χ4n) is 3.32. The first-order chi connectivity index (χ1) is 11.2. The summed E-state index contributed by atoms with van der Waals surface area (Å²) in [5.74, 6) is -0.605. The highest BCUT2D eigenvalue weighted by atomic mass is 16.5. The van der Waals surface area contributed by atoms with E-state index in [0.717, 1.165) is 10.9 Å². The molecule has 0 N–H and O–H groups in total. The summed E-state index contributed by atoms with van der Waals surface area (Å²) in [5.41, 5.74) is 1.90. The van der Waals surface area contributed by atoms with E-state index in [1.54, 1.807) is 0 Å². The highest BCUT2D eigenvalue weighted by molar-refractivity contribution is 6.01. The van der Waals surface area contributed by atoms with Crippen molar-refractivity contribution in [1.29, 1.82) is 10.5 Å². The zero-order chi connectivity index (χ0) is 16.0. The van der Waals surface area contributed by atoms with E-state index in [1.165, 1.54) is 0 Å². The lowest BCUT2D eigenvalue weighted by atomic mass is 9.79. The Morgan fingerprint density at radius 2 is 2.00 bits per heavy atom. The van der Waals surface area contributed by atoms with Crippen molar-refractivity contribution >= 4 is 16.7 Å². The Morgan fingerprint density at radius 1 is 1.22 bits per heavy atom. The minimum Gasteiger partial charge on any atom is -0.443 e. The molecule has 0 fully saturated rings. The van der Waals surface area contributed by atoms with Crippen molar-refractivity contribution in [3.8, 4) is 18.0 Å². The molecule has 1 aliphatic heterocycles. The largest absolute Gasteiger partial charge is 0.443 e. The van der Waals surface area contributed by atoms with Gasteiger partial charge in [0.05, 0.1) is 23.6 Å². The second-order valence-electron chi connectivity index (χ2n) is 5.65. The lowest BCUT2D eigenvalue weighted by molar-refractivity contribution is -0.115. The van der Waals surface area contributed by atoms with Crippen LogP contribution in [0, 0.1) is 28.6 Å². The maximum absolute atomic E-state index is 12.3. The zero-order valence-electron chi connectivity index (χ0n) is 12.1. The standard InChI is InChI=1S/C18H11N3O2/c19-8-11(9-20)16-12-7-10-3-1-2-4-13(10)21-18(12)23-15-6-5-14(22)17(15)16/h1-4,7,11,16H,5-6H2. The normalized spacial score (nSPS) is 19.1. The number of hydrogen-bond acceptors (Lipinski definition) is 5. The number of carbonyl (C=O) groups excluding carboxylic acids is 1. The molecule has 1 aromatic heterocycles. The van der Waals surface area contributed by atoms with Gasteiger partial charge in [-0.2, -0.15) is 10.5 Å². The molecule has 0 amide bonds. The van der Waals surface area contributed by atoms with E-state index in [4.69, 9.17) is 4.74 Å². The molecule has 0 spiro atoms. The SMILES string of the molecule is N#CC(C#N)C1C2=C(CCC2=O)Oc2nc3ccccc3cc21. The smallest absolute Gasteiger partial charge is 0.223 e. The number of carbonyl (C=O) groups is 1. The zero-order valence-corrected chi connectivity index (χ0v) is 12.1. The lowest BCUT2D eigenvalue weighted by Gasteiger charge is -2.27. The lowest BCUT2D eigenvalue weighted by Crippen LogP contribution is -2.22. The Morgan fingerprint density at radius 3 is 2.78 bits per heavy atom. The van der Waals surface area contributed by atoms with Crippen LogP contribution in [0.1, 0.15) is 24.3 Å². The Hall–Kier alpha value is -3.18. The van der Waals surface area contributed by atoms with Crippen molar-refractivity contribution in [3.63, 3.8) is 0 Å². The van der Waals surface area contributed by atoms with Crippen LogP contribution in [0.3, 0.4) is 0 Å². The quantitative estimate of drug-likeness (QED) is 0.808. The van der Waals surface area contributed by atoms with Crippen LogP contribution in [0.4, 0.5) is 0 Å². The van der Waals surface area contributed by atoms with Crippen molar-refractivity contribution in [3.05, 3.63) is 47.2 Å². The average molecular weight is 301 g/mol. The summed E-state index contributed by atoms with van der Waals surface area (Å²) in [5, 5.41) is 19.6. The summed E-state index contributed by atoms with van der Waals surface area (Å²) in [6, 6.07) is 13.5. The minimum absolute atomic E-state index is 0.0423. The second kappa shape index (κ2) is 4.93. The van der Waals surface area contributed by atoms with E-state index in [0.29, 0.717) is 35.6 Å². The molecule has 2 aliphatic rings. The highest BCUT2D eigenvalue weighted by Crippen LogP contribution is 2.47. The van der Waals surface area contributed by atoms with Gasteiger partial charge in [-0.25, -0.2) is 4.98 Å². The fourth-order valence-corrected chi connectivity index (χ4v) is 3.32. The molecule has 110 valence electrons. The average Bonchev–Trinajstić information content (AvgIpc) is 2.94. The molecule has 4 rings (SSSR count). The number of para-hydroxylation sites is 1. The van der Waals surface area contributed by atoms with E-state index in [1.807, 2.05) is 42.5 Å². The highest BCUT2D eigenvalue weighted by Gasteiger charge is 2.42. The Bertz CT molecular complexity index is 948. The van der Waals surface area contributed by atoms with Gasteiger partial charge in [-0.1, -0.05) is 18.2 Å². The molecule has 0 saturated carbocycles. The third-order valence-corrected chi connectivity index (χ3v) is 4.37. The van der Waals surface area contributed by atoms with Crippen LogP contribution in [-0.2, 0) is 4.79 Å². The van der Waals surface area contributed by atoms with E-state index in [2.05, 4.69) is 4.98 Å². The molecule has 0 bridgehead atoms. The molecule has 0 radical (unpaired) electrons. The number of ketones is 1. The van der Waals surface area contributed by atoms with Crippen LogP contribution in [-0.4, -0.2) is 10.8 Å². The van der Waals surface area contributed by atoms with Gasteiger partial charge >= 0.3 is 0 Å². The number of nitrogens with zero attached hydrogens (tertiary/aromatic N) is 3. The first kappa shape index (κ1) is 13.5. The van der Waals surface area contributed by atoms with E-state index in [-0.39, 0.29) is 5.78 Å². The molecule has 23 heavy (non-hydrogen) atoms. The Labute approximate surface area is 132 Å². The van der Waals surface area contributed by atoms with Crippen molar-refractivity contribution in [2.24, 2.45) is 5.92 Å². The molecule has 5 nitrogen and oxygen atoms in total. The Kier molecular flexibility index (Phi) is 2.89. The van der Waals surface area contributed by atoms with Crippen LogP contribution < -0.4 is 4.74 Å². The number of benzene rings is 1.